The molecule has 184 valence electrons. The van der Waals surface area contributed by atoms with E-state index in [1.54, 1.807) is 18.2 Å². The van der Waals surface area contributed by atoms with Crippen molar-refractivity contribution in [2.75, 3.05) is 11.5 Å². The monoisotopic (exact) mass is 568 g/mol. The normalized spacial score (nSPS) is 14.7. The molecular formula is C27H22BrFN2O4S. The third-order valence-corrected chi connectivity index (χ3v) is 6.34. The van der Waals surface area contributed by atoms with E-state index >= 15 is 0 Å². The third kappa shape index (κ3) is 5.47. The zero-order valence-electron chi connectivity index (χ0n) is 19.5. The average Bonchev–Trinajstić information content (AvgIpc) is 2.84. The Balaban J connectivity index is 1.67. The quantitative estimate of drug-likeness (QED) is 0.225. The fourth-order valence-corrected chi connectivity index (χ4v) is 4.26. The maximum Gasteiger partial charge on any atom is 0.270 e. The predicted octanol–water partition coefficient (Wildman–Crippen LogP) is 5.71. The predicted molar refractivity (Wildman–Crippen MR) is 143 cm³/mol. The SMILES string of the molecule is CCOc1cc(/C=C2\C(=O)NC(=S)N(c3ccccc3F)C2=O)c(Br)cc1OCc1ccc(C)cc1. The molecule has 9 heteroatoms. The Labute approximate surface area is 221 Å². The molecule has 1 fully saturated rings. The lowest BCUT2D eigenvalue weighted by Gasteiger charge is -2.29. The maximum atomic E-state index is 14.4. The second-order valence-corrected chi connectivity index (χ2v) is 9.18. The van der Waals surface area contributed by atoms with Crippen LogP contribution in [-0.2, 0) is 16.2 Å². The van der Waals surface area contributed by atoms with Crippen molar-refractivity contribution in [2.45, 2.75) is 20.5 Å². The first kappa shape index (κ1) is 25.5. The number of halogens is 2. The zero-order valence-corrected chi connectivity index (χ0v) is 21.9. The van der Waals surface area contributed by atoms with E-state index in [0.717, 1.165) is 16.0 Å². The molecule has 0 unspecified atom stereocenters. The number of aryl methyl sites for hydroxylation is 1. The Morgan fingerprint density at radius 1 is 1.06 bits per heavy atom. The van der Waals surface area contributed by atoms with Crippen molar-refractivity contribution in [3.8, 4) is 11.5 Å². The van der Waals surface area contributed by atoms with Gasteiger partial charge in [-0.2, -0.15) is 0 Å². The summed E-state index contributed by atoms with van der Waals surface area (Å²) in [6, 6.07) is 17.1. The molecule has 1 saturated heterocycles. The van der Waals surface area contributed by atoms with Crippen molar-refractivity contribution in [1.29, 1.82) is 0 Å². The largest absolute Gasteiger partial charge is 0.490 e. The molecule has 1 aliphatic heterocycles. The number of benzene rings is 3. The van der Waals surface area contributed by atoms with Gasteiger partial charge in [-0.05, 0) is 67.5 Å². The van der Waals surface area contributed by atoms with E-state index in [0.29, 0.717) is 34.7 Å². The van der Waals surface area contributed by atoms with E-state index in [1.807, 2.05) is 38.1 Å². The molecule has 2 amide bonds. The second kappa shape index (κ2) is 11.0. The Hall–Kier alpha value is -3.56. The first-order valence-corrected chi connectivity index (χ1v) is 12.3. The summed E-state index contributed by atoms with van der Waals surface area (Å²) in [5, 5.41) is 2.27. The van der Waals surface area contributed by atoms with Gasteiger partial charge in [0.1, 0.15) is 18.0 Å². The molecule has 3 aromatic carbocycles. The molecule has 0 spiro atoms. The number of hydrogen-bond donors (Lipinski definition) is 1. The number of anilines is 1. The molecule has 36 heavy (non-hydrogen) atoms. The molecule has 1 N–H and O–H groups in total. The van der Waals surface area contributed by atoms with Gasteiger partial charge in [0.25, 0.3) is 11.8 Å². The Bertz CT molecular complexity index is 1370. The van der Waals surface area contributed by atoms with Gasteiger partial charge in [-0.1, -0.05) is 57.9 Å². The van der Waals surface area contributed by atoms with Crippen molar-refractivity contribution < 1.29 is 23.5 Å². The molecule has 3 aromatic rings. The van der Waals surface area contributed by atoms with Gasteiger partial charge in [0, 0.05) is 4.47 Å². The number of rotatable bonds is 7. The number of carbonyl (C=O) groups is 2. The number of para-hydroxylation sites is 1. The first-order chi connectivity index (χ1) is 17.3. The van der Waals surface area contributed by atoms with E-state index < -0.39 is 17.6 Å². The van der Waals surface area contributed by atoms with Gasteiger partial charge in [0.2, 0.25) is 0 Å². The van der Waals surface area contributed by atoms with E-state index in [-0.39, 0.29) is 16.4 Å². The molecule has 4 rings (SSSR count). The highest BCUT2D eigenvalue weighted by atomic mass is 79.9. The van der Waals surface area contributed by atoms with Crippen LogP contribution in [0.25, 0.3) is 6.08 Å². The lowest BCUT2D eigenvalue weighted by Crippen LogP contribution is -2.54. The molecule has 0 radical (unpaired) electrons. The van der Waals surface area contributed by atoms with Crippen molar-refractivity contribution >= 4 is 56.8 Å². The molecule has 0 aliphatic carbocycles. The fraction of sp³-hybridized carbons (Fsp3) is 0.148. The lowest BCUT2D eigenvalue weighted by atomic mass is 10.1. The van der Waals surface area contributed by atoms with Crippen LogP contribution in [0.3, 0.4) is 0 Å². The summed E-state index contributed by atoms with van der Waals surface area (Å²) in [6.45, 7) is 4.58. The van der Waals surface area contributed by atoms with Gasteiger partial charge in [0.05, 0.1) is 12.3 Å². The van der Waals surface area contributed by atoms with Crippen LogP contribution in [0.5, 0.6) is 11.5 Å². The fourth-order valence-electron chi connectivity index (χ4n) is 3.55. The van der Waals surface area contributed by atoms with Crippen LogP contribution in [-0.4, -0.2) is 23.5 Å². The second-order valence-electron chi connectivity index (χ2n) is 7.94. The number of nitrogens with one attached hydrogen (secondary N) is 1. The number of ether oxygens (including phenoxy) is 2. The summed E-state index contributed by atoms with van der Waals surface area (Å²) in [4.78, 5) is 26.9. The van der Waals surface area contributed by atoms with Crippen molar-refractivity contribution in [1.82, 2.24) is 5.32 Å². The molecule has 1 heterocycles. The standard InChI is InChI=1S/C27H22BrFN2O4S/c1-3-34-23-13-18(20(28)14-24(23)35-15-17-10-8-16(2)9-11-17)12-19-25(32)30-27(36)31(26(19)33)22-7-5-4-6-21(22)29/h4-14H,3,15H2,1-2H3,(H,30,32,36)/b19-12+. The maximum absolute atomic E-state index is 14.4. The average molecular weight is 569 g/mol. The van der Waals surface area contributed by atoms with Crippen LogP contribution in [0.1, 0.15) is 23.6 Å². The van der Waals surface area contributed by atoms with Gasteiger partial charge in [-0.25, -0.2) is 9.29 Å². The van der Waals surface area contributed by atoms with Gasteiger partial charge in [0.15, 0.2) is 16.6 Å². The minimum atomic E-state index is -0.738. The number of amides is 2. The number of nitrogens with zero attached hydrogens (tertiary/aromatic N) is 1. The number of carbonyl (C=O) groups excluding carboxylic acids is 2. The number of thiocarbonyl (C=S) groups is 1. The van der Waals surface area contributed by atoms with Crippen LogP contribution in [0.2, 0.25) is 0 Å². The van der Waals surface area contributed by atoms with E-state index in [4.69, 9.17) is 21.7 Å². The van der Waals surface area contributed by atoms with Crippen LogP contribution in [0.15, 0.2) is 70.7 Å². The van der Waals surface area contributed by atoms with Gasteiger partial charge in [-0.15, -0.1) is 0 Å². The highest BCUT2D eigenvalue weighted by Crippen LogP contribution is 2.36. The highest BCUT2D eigenvalue weighted by molar-refractivity contribution is 9.10. The number of hydrogen-bond acceptors (Lipinski definition) is 5. The van der Waals surface area contributed by atoms with Gasteiger partial charge in [-0.3, -0.25) is 14.9 Å². The van der Waals surface area contributed by atoms with Crippen LogP contribution in [0.4, 0.5) is 10.1 Å². The Kier molecular flexibility index (Phi) is 7.81. The van der Waals surface area contributed by atoms with Crippen molar-refractivity contribution in [2.24, 2.45) is 0 Å². The molecule has 6 nitrogen and oxygen atoms in total. The van der Waals surface area contributed by atoms with Crippen LogP contribution >= 0.6 is 28.1 Å². The smallest absolute Gasteiger partial charge is 0.270 e. The molecule has 0 saturated carbocycles. The summed E-state index contributed by atoms with van der Waals surface area (Å²) in [7, 11) is 0. The minimum Gasteiger partial charge on any atom is -0.490 e. The van der Waals surface area contributed by atoms with E-state index in [2.05, 4.69) is 21.2 Å². The van der Waals surface area contributed by atoms with Gasteiger partial charge >= 0.3 is 0 Å². The molecule has 0 bridgehead atoms. The Morgan fingerprint density at radius 2 is 1.75 bits per heavy atom. The summed E-state index contributed by atoms with van der Waals surface area (Å²) < 4.78 is 26.7. The molecule has 1 aliphatic rings. The summed E-state index contributed by atoms with van der Waals surface area (Å²) in [5.74, 6) is -1.11. The van der Waals surface area contributed by atoms with Crippen molar-refractivity contribution in [3.63, 3.8) is 0 Å². The highest BCUT2D eigenvalue weighted by Gasteiger charge is 2.35. The summed E-state index contributed by atoms with van der Waals surface area (Å²) in [5.41, 5.74) is 2.40. The summed E-state index contributed by atoms with van der Waals surface area (Å²) in [6.07, 6.45) is 1.41. The third-order valence-electron chi connectivity index (χ3n) is 5.37. The van der Waals surface area contributed by atoms with Gasteiger partial charge < -0.3 is 9.47 Å². The topological polar surface area (TPSA) is 67.9 Å². The first-order valence-electron chi connectivity index (χ1n) is 11.1. The Morgan fingerprint density at radius 3 is 2.44 bits per heavy atom. The van der Waals surface area contributed by atoms with E-state index in [9.17, 15) is 14.0 Å². The zero-order chi connectivity index (χ0) is 25.8. The lowest BCUT2D eigenvalue weighted by molar-refractivity contribution is -0.122. The van der Waals surface area contributed by atoms with E-state index in [1.165, 1.54) is 24.3 Å². The summed E-state index contributed by atoms with van der Waals surface area (Å²) >= 11 is 8.64. The van der Waals surface area contributed by atoms with Crippen LogP contribution in [0, 0.1) is 12.7 Å². The molecule has 0 atom stereocenters. The van der Waals surface area contributed by atoms with Crippen LogP contribution < -0.4 is 19.7 Å². The molecular weight excluding hydrogens is 547 g/mol. The minimum absolute atomic E-state index is 0.0488. The molecule has 0 aromatic heterocycles. The van der Waals surface area contributed by atoms with Crippen molar-refractivity contribution in [3.05, 3.63) is 93.2 Å².